The predicted octanol–water partition coefficient (Wildman–Crippen LogP) is 27.0. The maximum atomic E-state index is 9.96. The summed E-state index contributed by atoms with van der Waals surface area (Å²) >= 11 is 0. The van der Waals surface area contributed by atoms with Crippen molar-refractivity contribution >= 4 is 79.0 Å². The number of fused-ring (bicyclic) bond motifs is 7. The van der Waals surface area contributed by atoms with E-state index in [0.717, 1.165) is 134 Å². The van der Waals surface area contributed by atoms with Crippen molar-refractivity contribution in [3.8, 4) is 83.6 Å². The van der Waals surface area contributed by atoms with E-state index in [4.69, 9.17) is 4.11 Å². The molecular weight excluding hydrogens is 1300 g/mol. The first-order chi connectivity index (χ1) is 57.1. The van der Waals surface area contributed by atoms with Gasteiger partial charge in [-0.25, -0.2) is 0 Å². The molecule has 530 valence electrons. The first-order valence-corrected chi connectivity index (χ1v) is 37.7. The van der Waals surface area contributed by atoms with Gasteiger partial charge in [-0.3, -0.25) is 0 Å². The van der Waals surface area contributed by atoms with Crippen molar-refractivity contribution in [3.05, 3.63) is 337 Å². The van der Waals surface area contributed by atoms with Crippen LogP contribution < -0.4 is 26.2 Å². The summed E-state index contributed by atoms with van der Waals surface area (Å²) in [5, 5.41) is -0.0942. The van der Waals surface area contributed by atoms with Crippen LogP contribution in [0.25, 0.3) is 105 Å². The van der Waals surface area contributed by atoms with Gasteiger partial charge in [0.1, 0.15) is 0 Å². The maximum Gasteiger partial charge on any atom is 0.252 e. The third kappa shape index (κ3) is 12.4. The zero-order chi connectivity index (χ0) is 86.2. The van der Waals surface area contributed by atoms with E-state index in [1.165, 1.54) is 0 Å². The molecule has 0 aliphatic carbocycles. The third-order valence-electron chi connectivity index (χ3n) is 22.0. The summed E-state index contributed by atoms with van der Waals surface area (Å²) < 4.78 is 125. The van der Waals surface area contributed by atoms with E-state index in [9.17, 15) is 13.7 Å². The number of nitrogens with zero attached hydrogens (tertiary/aromatic N) is 3. The highest BCUT2D eigenvalue weighted by Crippen LogP contribution is 2.56. The molecule has 0 bridgehead atoms. The van der Waals surface area contributed by atoms with E-state index in [-0.39, 0.29) is 61.1 Å². The number of anilines is 6. The standard InChI is InChI=1S/C104H96BN3/c1-100(2,3)77-41-29-39-71(57-77)83-45-31-47-85(75-55-73(68-35-21-17-22-36-68)59-79(61-75)102(7,8)9)98(83)107-93-63-70(67-33-19-16-20-34-67)51-53-89(93)105-90-54-52-82(106-91-49-27-25-43-87(91)88-44-26-28-50-92(88)106)66-94(90)108(96-65-81(104(13,14)15)64-95(107)97(96)105)99-84(72-40-30-42-78(58-72)101(4,5)6)46-32-48-86(99)76-56-74(69-37-23-18-24-38-69)60-80(62-76)103(10,11)12/h16-66H,1-15H3/i16D,19D,20D,25D,26D,27D,28D,33D,34D,43D,44D,49D,50D. The van der Waals surface area contributed by atoms with Gasteiger partial charge in [0, 0.05) is 61.5 Å². The molecule has 0 fully saturated rings. The third-order valence-corrected chi connectivity index (χ3v) is 22.0. The second-order valence-electron chi connectivity index (χ2n) is 34.5. The summed E-state index contributed by atoms with van der Waals surface area (Å²) in [6.07, 6.45) is 0. The molecule has 108 heavy (non-hydrogen) atoms. The molecule has 0 spiro atoms. The van der Waals surface area contributed by atoms with Gasteiger partial charge in [0.05, 0.1) is 40.2 Å². The molecule has 2 aliphatic heterocycles. The van der Waals surface area contributed by atoms with E-state index in [0.29, 0.717) is 22.6 Å². The van der Waals surface area contributed by atoms with Crippen molar-refractivity contribution in [2.45, 2.75) is 131 Å². The van der Waals surface area contributed by atoms with Gasteiger partial charge in [0.15, 0.2) is 0 Å². The zero-order valence-electron chi connectivity index (χ0n) is 77.4. The van der Waals surface area contributed by atoms with Gasteiger partial charge in [0.2, 0.25) is 0 Å². The fourth-order valence-corrected chi connectivity index (χ4v) is 16.1. The van der Waals surface area contributed by atoms with Crippen LogP contribution in [0.1, 0.15) is 149 Å². The van der Waals surface area contributed by atoms with Crippen LogP contribution in [0.4, 0.5) is 34.1 Å². The summed E-state index contributed by atoms with van der Waals surface area (Å²) in [6.45, 7) is 32.8. The minimum Gasteiger partial charge on any atom is -0.310 e. The average molecular weight is 1410 g/mol. The van der Waals surface area contributed by atoms with Gasteiger partial charge in [-0.15, -0.1) is 0 Å². The molecule has 0 atom stereocenters. The molecule has 3 nitrogen and oxygen atoms in total. The highest BCUT2D eigenvalue weighted by molar-refractivity contribution is 7.00. The van der Waals surface area contributed by atoms with Gasteiger partial charge in [-0.05, 0) is 181 Å². The quantitative estimate of drug-likeness (QED) is 0.126. The van der Waals surface area contributed by atoms with Crippen LogP contribution in [-0.2, 0) is 27.1 Å². The largest absolute Gasteiger partial charge is 0.310 e. The summed E-state index contributed by atoms with van der Waals surface area (Å²) in [5.74, 6) is 0. The fourth-order valence-electron chi connectivity index (χ4n) is 16.1. The van der Waals surface area contributed by atoms with E-state index in [2.05, 4.69) is 308 Å². The van der Waals surface area contributed by atoms with Crippen molar-refractivity contribution in [1.82, 2.24) is 4.57 Å². The minimum atomic E-state index is -0.713. The summed E-state index contributed by atoms with van der Waals surface area (Å²) in [5.41, 5.74) is 22.7. The average Bonchev–Trinajstić information content (AvgIpc) is 1.36. The Kier molecular flexibility index (Phi) is 13.6. The number of benzene rings is 14. The molecule has 0 saturated carbocycles. The monoisotopic (exact) mass is 1410 g/mol. The lowest BCUT2D eigenvalue weighted by Crippen LogP contribution is -2.61. The molecular formula is C104H96BN3. The SMILES string of the molecule is [2H]c1c([2H])c([2H])c(-c2ccc3c(c2)N(c2c(-c4cccc(C(C)(C)C)c4)cccc2-c2cc(-c4ccccc4)cc(C(C)(C)C)c2)c2cc(C(C)(C)C)cc4c2B3c2ccc(-n3c5c([2H])c([2H])c([2H])c([2H])c5c5c([2H])c([2H])c([2H])c([2H])c53)cc2N4c2c(-c3cccc(C(C)(C)C)c3)cccc2-c2cc(-c3ccccc3)cc(C(C)(C)C)c2)c([2H])c1[2H]. The Morgan fingerprint density at radius 3 is 1.08 bits per heavy atom. The second-order valence-corrected chi connectivity index (χ2v) is 34.5. The van der Waals surface area contributed by atoms with Crippen LogP contribution >= 0.6 is 0 Å². The first kappa shape index (κ1) is 55.9. The van der Waals surface area contributed by atoms with Crippen LogP contribution in [0, 0.1) is 0 Å². The molecule has 0 saturated heterocycles. The normalized spacial score (nSPS) is 14.8. The van der Waals surface area contributed by atoms with E-state index in [1.807, 2.05) is 36.4 Å². The Hall–Kier alpha value is -11.5. The molecule has 1 aromatic heterocycles. The molecule has 0 radical (unpaired) electrons. The number of hydrogen-bond donors (Lipinski definition) is 0. The first-order valence-electron chi connectivity index (χ1n) is 44.2. The molecule has 17 rings (SSSR count). The van der Waals surface area contributed by atoms with Gasteiger partial charge in [-0.1, -0.05) is 358 Å². The molecule has 3 heterocycles. The van der Waals surface area contributed by atoms with E-state index >= 15 is 0 Å². The molecule has 4 heteroatoms. The topological polar surface area (TPSA) is 11.4 Å². The van der Waals surface area contributed by atoms with Crippen molar-refractivity contribution < 1.29 is 17.8 Å². The molecule has 0 amide bonds. The predicted molar refractivity (Wildman–Crippen MR) is 466 cm³/mol. The molecule has 14 aromatic carbocycles. The molecule has 0 N–H and O–H groups in total. The van der Waals surface area contributed by atoms with Crippen molar-refractivity contribution in [2.24, 2.45) is 0 Å². The Labute approximate surface area is 659 Å². The molecule has 2 aliphatic rings. The fraction of sp³-hybridized carbons (Fsp3) is 0.192. The summed E-state index contributed by atoms with van der Waals surface area (Å²) in [7, 11) is 0. The van der Waals surface area contributed by atoms with Crippen molar-refractivity contribution in [2.75, 3.05) is 9.80 Å². The Morgan fingerprint density at radius 2 is 0.630 bits per heavy atom. The highest BCUT2D eigenvalue weighted by atomic mass is 15.2. The molecule has 15 aromatic rings. The molecule has 0 unspecified atom stereocenters. The number of para-hydroxylation sites is 4. The van der Waals surface area contributed by atoms with Crippen LogP contribution in [0.2, 0.25) is 0 Å². The van der Waals surface area contributed by atoms with E-state index < -0.39 is 78.6 Å². The van der Waals surface area contributed by atoms with Crippen LogP contribution in [0.15, 0.2) is 309 Å². The van der Waals surface area contributed by atoms with Crippen LogP contribution in [-0.4, -0.2) is 11.3 Å². The van der Waals surface area contributed by atoms with Crippen LogP contribution in [0.3, 0.4) is 0 Å². The highest BCUT2D eigenvalue weighted by Gasteiger charge is 2.46. The second kappa shape index (κ2) is 26.2. The smallest absolute Gasteiger partial charge is 0.252 e. The van der Waals surface area contributed by atoms with E-state index in [1.54, 1.807) is 4.57 Å². The minimum absolute atomic E-state index is 0.0224. The lowest BCUT2D eigenvalue weighted by molar-refractivity contribution is 0.590. The van der Waals surface area contributed by atoms with Crippen molar-refractivity contribution in [3.63, 3.8) is 0 Å². The number of rotatable bonds is 10. The van der Waals surface area contributed by atoms with Gasteiger partial charge < -0.3 is 14.4 Å². The lowest BCUT2D eigenvalue weighted by Gasteiger charge is -2.46. The number of hydrogen-bond acceptors (Lipinski definition) is 2. The Balaban J connectivity index is 1.10. The summed E-state index contributed by atoms with van der Waals surface area (Å²) in [4.78, 5) is 4.82. The number of aromatic nitrogens is 1. The van der Waals surface area contributed by atoms with Gasteiger partial charge >= 0.3 is 0 Å². The zero-order valence-corrected chi connectivity index (χ0v) is 64.4. The van der Waals surface area contributed by atoms with Gasteiger partial charge in [0.25, 0.3) is 6.71 Å². The maximum absolute atomic E-state index is 9.96. The Morgan fingerprint density at radius 1 is 0.259 bits per heavy atom. The van der Waals surface area contributed by atoms with Crippen LogP contribution in [0.5, 0.6) is 0 Å². The van der Waals surface area contributed by atoms with Crippen molar-refractivity contribution in [1.29, 1.82) is 0 Å². The lowest BCUT2D eigenvalue weighted by atomic mass is 9.33. The van der Waals surface area contributed by atoms with Gasteiger partial charge in [-0.2, -0.15) is 0 Å². The summed E-state index contributed by atoms with van der Waals surface area (Å²) in [6, 6.07) is 76.1. The Bertz CT molecular complexity index is 6750.